The van der Waals surface area contributed by atoms with E-state index in [0.29, 0.717) is 22.5 Å². The van der Waals surface area contributed by atoms with Gasteiger partial charge in [-0.25, -0.2) is 4.98 Å². The molecule has 1 aromatic heterocycles. The van der Waals surface area contributed by atoms with Crippen LogP contribution in [-0.2, 0) is 0 Å². The van der Waals surface area contributed by atoms with Crippen molar-refractivity contribution in [1.29, 1.82) is 0 Å². The lowest BCUT2D eigenvalue weighted by atomic mass is 10.1. The average molecular weight is 387 g/mol. The Hall–Kier alpha value is -3.51. The molecule has 138 valence electrons. The van der Waals surface area contributed by atoms with Crippen LogP contribution >= 0.6 is 11.3 Å². The number of nitrogens with one attached hydrogen (secondary N) is 1. The van der Waals surface area contributed by atoms with Gasteiger partial charge < -0.3 is 11.1 Å². The van der Waals surface area contributed by atoms with Crippen molar-refractivity contribution in [3.05, 3.63) is 77.9 Å². The van der Waals surface area contributed by atoms with Gasteiger partial charge in [-0.1, -0.05) is 0 Å². The number of nitrogens with two attached hydrogens (primary N) is 1. The summed E-state index contributed by atoms with van der Waals surface area (Å²) in [5.74, 6) is -0.150. The first-order chi connectivity index (χ1) is 13.5. The highest BCUT2D eigenvalue weighted by Crippen LogP contribution is 2.31. The molecule has 0 radical (unpaired) electrons. The van der Waals surface area contributed by atoms with Crippen molar-refractivity contribution in [2.45, 2.75) is 6.92 Å². The van der Waals surface area contributed by atoms with E-state index in [0.717, 1.165) is 20.8 Å². The van der Waals surface area contributed by atoms with E-state index in [2.05, 4.69) is 10.3 Å². The van der Waals surface area contributed by atoms with E-state index in [9.17, 15) is 9.59 Å². The second-order valence-corrected chi connectivity index (χ2v) is 7.44. The van der Waals surface area contributed by atoms with Crippen LogP contribution in [0.5, 0.6) is 0 Å². The van der Waals surface area contributed by atoms with Gasteiger partial charge in [0.25, 0.3) is 5.91 Å². The summed E-state index contributed by atoms with van der Waals surface area (Å²) < 4.78 is 0.975. The predicted molar refractivity (Wildman–Crippen MR) is 114 cm³/mol. The first kappa shape index (κ1) is 17.9. The number of fused-ring (bicyclic) bond motifs is 1. The standard InChI is InChI=1S/C22H17N3O2S/c1-13(26)16-6-11-19-20(12-16)28-22(25-19)15-4-9-18(10-5-15)24-21(27)14-2-7-17(23)8-3-14/h2-12H,23H2,1H3,(H,24,27). The normalized spacial score (nSPS) is 10.8. The molecule has 0 atom stereocenters. The number of Topliss-reactive ketones (excluding diaryl/α,β-unsaturated/α-hetero) is 1. The van der Waals surface area contributed by atoms with Gasteiger partial charge in [0.1, 0.15) is 5.01 Å². The zero-order valence-electron chi connectivity index (χ0n) is 15.1. The Morgan fingerprint density at radius 2 is 1.61 bits per heavy atom. The molecule has 0 bridgehead atoms. The van der Waals surface area contributed by atoms with Crippen molar-refractivity contribution in [1.82, 2.24) is 4.98 Å². The van der Waals surface area contributed by atoms with Gasteiger partial charge in [-0.15, -0.1) is 11.3 Å². The van der Waals surface area contributed by atoms with E-state index in [4.69, 9.17) is 5.73 Å². The molecule has 3 aromatic carbocycles. The van der Waals surface area contributed by atoms with E-state index in [1.165, 1.54) is 11.3 Å². The van der Waals surface area contributed by atoms with Crippen LogP contribution in [0.4, 0.5) is 11.4 Å². The van der Waals surface area contributed by atoms with Crippen LogP contribution in [0.2, 0.25) is 0 Å². The first-order valence-corrected chi connectivity index (χ1v) is 9.50. The minimum atomic E-state index is -0.190. The molecule has 0 aliphatic rings. The van der Waals surface area contributed by atoms with E-state index in [-0.39, 0.29) is 11.7 Å². The number of carbonyl (C=O) groups is 2. The molecule has 1 amide bonds. The van der Waals surface area contributed by atoms with E-state index >= 15 is 0 Å². The SMILES string of the molecule is CC(=O)c1ccc2nc(-c3ccc(NC(=O)c4ccc(N)cc4)cc3)sc2c1. The van der Waals surface area contributed by atoms with Crippen molar-refractivity contribution in [3.63, 3.8) is 0 Å². The van der Waals surface area contributed by atoms with Crippen LogP contribution in [0.3, 0.4) is 0 Å². The third kappa shape index (κ3) is 3.63. The Balaban J connectivity index is 1.54. The van der Waals surface area contributed by atoms with Gasteiger partial charge in [-0.2, -0.15) is 0 Å². The van der Waals surface area contributed by atoms with Crippen LogP contribution in [0.1, 0.15) is 27.6 Å². The Labute approximate surface area is 165 Å². The van der Waals surface area contributed by atoms with Crippen molar-refractivity contribution in [2.75, 3.05) is 11.1 Å². The van der Waals surface area contributed by atoms with Crippen LogP contribution in [-0.4, -0.2) is 16.7 Å². The Morgan fingerprint density at radius 1 is 0.929 bits per heavy atom. The fourth-order valence-electron chi connectivity index (χ4n) is 2.80. The summed E-state index contributed by atoms with van der Waals surface area (Å²) >= 11 is 1.54. The molecule has 5 nitrogen and oxygen atoms in total. The largest absolute Gasteiger partial charge is 0.399 e. The number of thiazole rings is 1. The first-order valence-electron chi connectivity index (χ1n) is 8.68. The minimum absolute atomic E-state index is 0.0399. The third-order valence-electron chi connectivity index (χ3n) is 4.36. The summed E-state index contributed by atoms with van der Waals surface area (Å²) in [7, 11) is 0. The highest BCUT2D eigenvalue weighted by molar-refractivity contribution is 7.21. The molecule has 6 heteroatoms. The molecule has 0 saturated carbocycles. The fraction of sp³-hybridized carbons (Fsp3) is 0.0455. The lowest BCUT2D eigenvalue weighted by Crippen LogP contribution is -2.11. The molecule has 3 N–H and O–H groups in total. The number of amides is 1. The summed E-state index contributed by atoms with van der Waals surface area (Å²) in [4.78, 5) is 28.5. The average Bonchev–Trinajstić information content (AvgIpc) is 3.12. The maximum atomic E-state index is 12.3. The molecule has 0 aliphatic heterocycles. The van der Waals surface area contributed by atoms with Gasteiger partial charge in [0.2, 0.25) is 0 Å². The maximum Gasteiger partial charge on any atom is 0.255 e. The molecule has 4 rings (SSSR count). The lowest BCUT2D eigenvalue weighted by molar-refractivity contribution is 0.101. The monoisotopic (exact) mass is 387 g/mol. The predicted octanol–water partition coefficient (Wildman–Crippen LogP) is 5.00. The van der Waals surface area contributed by atoms with Gasteiger partial charge in [-0.3, -0.25) is 9.59 Å². The molecule has 0 fully saturated rings. The van der Waals surface area contributed by atoms with Crippen molar-refractivity contribution in [3.8, 4) is 10.6 Å². The zero-order valence-corrected chi connectivity index (χ0v) is 15.9. The van der Waals surface area contributed by atoms with Gasteiger partial charge in [0.15, 0.2) is 5.78 Å². The molecule has 1 heterocycles. The summed E-state index contributed by atoms with van der Waals surface area (Å²) in [6.07, 6.45) is 0. The van der Waals surface area contributed by atoms with Crippen molar-refractivity contribution in [2.24, 2.45) is 0 Å². The number of nitrogens with zero attached hydrogens (tertiary/aromatic N) is 1. The fourth-order valence-corrected chi connectivity index (χ4v) is 3.81. The lowest BCUT2D eigenvalue weighted by Gasteiger charge is -2.06. The Morgan fingerprint density at radius 3 is 2.29 bits per heavy atom. The molecule has 28 heavy (non-hydrogen) atoms. The quantitative estimate of drug-likeness (QED) is 0.381. The molecule has 0 saturated heterocycles. The van der Waals surface area contributed by atoms with Crippen molar-refractivity contribution < 1.29 is 9.59 Å². The third-order valence-corrected chi connectivity index (χ3v) is 5.42. The second-order valence-electron chi connectivity index (χ2n) is 6.41. The highest BCUT2D eigenvalue weighted by atomic mass is 32.1. The summed E-state index contributed by atoms with van der Waals surface area (Å²) in [6.45, 7) is 1.56. The van der Waals surface area contributed by atoms with Crippen LogP contribution in [0.25, 0.3) is 20.8 Å². The number of rotatable bonds is 4. The van der Waals surface area contributed by atoms with E-state index < -0.39 is 0 Å². The molecular formula is C22H17N3O2S. The molecule has 0 aliphatic carbocycles. The van der Waals surface area contributed by atoms with Gasteiger partial charge >= 0.3 is 0 Å². The summed E-state index contributed by atoms with van der Waals surface area (Å²) in [5.41, 5.74) is 10.0. The Kier molecular flexibility index (Phi) is 4.63. The van der Waals surface area contributed by atoms with Crippen LogP contribution in [0, 0.1) is 0 Å². The number of ketones is 1. The number of carbonyl (C=O) groups excluding carboxylic acids is 2. The molecule has 4 aromatic rings. The van der Waals surface area contributed by atoms with Gasteiger partial charge in [0, 0.05) is 28.1 Å². The highest BCUT2D eigenvalue weighted by Gasteiger charge is 2.10. The molecular weight excluding hydrogens is 370 g/mol. The Bertz CT molecular complexity index is 1180. The molecule has 0 unspecified atom stereocenters. The van der Waals surface area contributed by atoms with E-state index in [1.54, 1.807) is 37.3 Å². The number of anilines is 2. The number of benzene rings is 3. The van der Waals surface area contributed by atoms with Crippen LogP contribution in [0.15, 0.2) is 66.7 Å². The number of hydrogen-bond acceptors (Lipinski definition) is 5. The maximum absolute atomic E-state index is 12.3. The zero-order chi connectivity index (χ0) is 19.7. The number of nitrogen functional groups attached to an aromatic ring is 1. The van der Waals surface area contributed by atoms with Gasteiger partial charge in [-0.05, 0) is 73.7 Å². The topological polar surface area (TPSA) is 85.1 Å². The number of hydrogen-bond donors (Lipinski definition) is 2. The van der Waals surface area contributed by atoms with Crippen LogP contribution < -0.4 is 11.1 Å². The smallest absolute Gasteiger partial charge is 0.255 e. The summed E-state index contributed by atoms with van der Waals surface area (Å²) in [6, 6.07) is 19.8. The molecule has 0 spiro atoms. The van der Waals surface area contributed by atoms with E-state index in [1.807, 2.05) is 36.4 Å². The summed E-state index contributed by atoms with van der Waals surface area (Å²) in [5, 5.41) is 3.74. The second kappa shape index (κ2) is 7.25. The van der Waals surface area contributed by atoms with Gasteiger partial charge in [0.05, 0.1) is 10.2 Å². The minimum Gasteiger partial charge on any atom is -0.399 e. The number of aromatic nitrogens is 1. The van der Waals surface area contributed by atoms with Crippen molar-refractivity contribution >= 4 is 44.6 Å².